The highest BCUT2D eigenvalue weighted by Gasteiger charge is 2.02. The average molecular weight is 221 g/mol. The molecule has 0 unspecified atom stereocenters. The largest absolute Gasteiger partial charge is 0.369 e. The van der Waals surface area contributed by atoms with Crippen LogP contribution in [0.25, 0.3) is 21.8 Å². The van der Waals surface area contributed by atoms with Gasteiger partial charge in [0.1, 0.15) is 0 Å². The molecule has 2 aromatic heterocycles. The van der Waals surface area contributed by atoms with Crippen molar-refractivity contribution in [3.63, 3.8) is 0 Å². The first kappa shape index (κ1) is 9.73. The van der Waals surface area contributed by atoms with Crippen molar-refractivity contribution in [1.82, 2.24) is 15.0 Å². The topological polar surface area (TPSA) is 67.6 Å². The lowest BCUT2D eigenvalue weighted by Crippen LogP contribution is -1.93. The minimum absolute atomic E-state index is 0. The molecule has 2 heterocycles. The van der Waals surface area contributed by atoms with Crippen LogP contribution in [-0.2, 0) is 0 Å². The molecule has 0 aliphatic rings. The molecule has 0 radical (unpaired) electrons. The Balaban J connectivity index is 0.000000853. The molecule has 4 nitrogen and oxygen atoms in total. The fourth-order valence-electron chi connectivity index (χ4n) is 1.65. The summed E-state index contributed by atoms with van der Waals surface area (Å²) >= 11 is 0. The van der Waals surface area contributed by atoms with Crippen molar-refractivity contribution in [2.24, 2.45) is 0 Å². The number of nitrogen functional groups attached to an aromatic ring is 1. The van der Waals surface area contributed by atoms with E-state index in [9.17, 15) is 0 Å². The number of hydrogen-bond acceptors (Lipinski definition) is 3. The third-order valence-corrected chi connectivity index (χ3v) is 2.31. The van der Waals surface area contributed by atoms with Crippen LogP contribution < -0.4 is 5.73 Å². The Morgan fingerprint density at radius 2 is 2.00 bits per heavy atom. The molecule has 0 saturated carbocycles. The van der Waals surface area contributed by atoms with Crippen LogP contribution in [-0.4, -0.2) is 15.0 Å². The van der Waals surface area contributed by atoms with Crippen molar-refractivity contribution < 1.29 is 0 Å². The van der Waals surface area contributed by atoms with Crippen molar-refractivity contribution in [3.8, 4) is 0 Å². The maximum atomic E-state index is 5.60. The lowest BCUT2D eigenvalue weighted by molar-refractivity contribution is 1.24. The number of rotatable bonds is 0. The van der Waals surface area contributed by atoms with Gasteiger partial charge in [-0.3, -0.25) is 4.98 Å². The molecule has 0 amide bonds. The van der Waals surface area contributed by atoms with E-state index in [0.717, 1.165) is 21.8 Å². The highest BCUT2D eigenvalue weighted by Crippen LogP contribution is 2.22. The Kier molecular flexibility index (Phi) is 2.21. The van der Waals surface area contributed by atoms with Crippen molar-refractivity contribution in [3.05, 3.63) is 30.6 Å². The van der Waals surface area contributed by atoms with E-state index in [1.54, 1.807) is 12.4 Å². The Hall–Kier alpha value is -1.81. The first-order valence-electron chi connectivity index (χ1n) is 4.32. The van der Waals surface area contributed by atoms with Gasteiger partial charge in [-0.1, -0.05) is 0 Å². The predicted molar refractivity (Wildman–Crippen MR) is 63.1 cm³/mol. The molecule has 0 atom stereocenters. The van der Waals surface area contributed by atoms with Gasteiger partial charge in [-0.2, -0.15) is 0 Å². The lowest BCUT2D eigenvalue weighted by atomic mass is 10.2. The van der Waals surface area contributed by atoms with E-state index in [2.05, 4.69) is 15.0 Å². The van der Waals surface area contributed by atoms with Crippen molar-refractivity contribution >= 4 is 40.2 Å². The minimum Gasteiger partial charge on any atom is -0.369 e. The number of H-pyrrole nitrogens is 1. The molecule has 0 bridgehead atoms. The molecular weight excluding hydrogens is 212 g/mol. The third-order valence-electron chi connectivity index (χ3n) is 2.31. The molecule has 0 saturated heterocycles. The number of nitrogens with two attached hydrogens (primary N) is 1. The second-order valence-corrected chi connectivity index (χ2v) is 3.18. The quantitative estimate of drug-likeness (QED) is 0.610. The summed E-state index contributed by atoms with van der Waals surface area (Å²) in [7, 11) is 0. The van der Waals surface area contributed by atoms with E-state index >= 15 is 0 Å². The van der Waals surface area contributed by atoms with Crippen LogP contribution in [0.2, 0.25) is 0 Å². The summed E-state index contributed by atoms with van der Waals surface area (Å²) in [6.45, 7) is 0. The Morgan fingerprint density at radius 3 is 2.87 bits per heavy atom. The number of anilines is 1. The number of nitrogens with one attached hydrogen (secondary N) is 1. The zero-order valence-electron chi connectivity index (χ0n) is 7.77. The van der Waals surface area contributed by atoms with E-state index in [1.165, 1.54) is 0 Å². The summed E-state index contributed by atoms with van der Waals surface area (Å²) in [5.41, 5.74) is 7.56. The van der Waals surface area contributed by atoms with Crippen LogP contribution >= 0.6 is 12.4 Å². The summed E-state index contributed by atoms with van der Waals surface area (Å²) in [5, 5.41) is 2.12. The number of aromatic nitrogens is 3. The highest BCUT2D eigenvalue weighted by molar-refractivity contribution is 6.03. The smallest absolute Gasteiger partial charge is 0.197 e. The molecule has 1 aromatic carbocycles. The number of halogens is 1. The SMILES string of the molecule is Cl.Nc1ncc2ccc3nccc3c2[nH]1. The molecular formula is C10H9ClN4. The van der Waals surface area contributed by atoms with Crippen LogP contribution in [0.4, 0.5) is 5.95 Å². The number of hydrogen-bond donors (Lipinski definition) is 2. The summed E-state index contributed by atoms with van der Waals surface area (Å²) < 4.78 is 0. The number of aromatic amines is 1. The second kappa shape index (κ2) is 3.40. The minimum atomic E-state index is 0. The maximum absolute atomic E-state index is 5.60. The molecule has 5 heteroatoms. The third kappa shape index (κ3) is 1.39. The monoisotopic (exact) mass is 220 g/mol. The summed E-state index contributed by atoms with van der Waals surface area (Å²) in [6, 6.07) is 5.92. The van der Waals surface area contributed by atoms with Gasteiger partial charge in [0.15, 0.2) is 5.95 Å². The van der Waals surface area contributed by atoms with Gasteiger partial charge in [-0.15, -0.1) is 12.4 Å². The van der Waals surface area contributed by atoms with Gasteiger partial charge in [0.2, 0.25) is 0 Å². The van der Waals surface area contributed by atoms with E-state index < -0.39 is 0 Å². The first-order valence-corrected chi connectivity index (χ1v) is 4.32. The van der Waals surface area contributed by atoms with Crippen LogP contribution in [0.15, 0.2) is 30.6 Å². The zero-order chi connectivity index (χ0) is 9.54. The predicted octanol–water partition coefficient (Wildman–Crippen LogP) is 2.12. The Morgan fingerprint density at radius 1 is 1.13 bits per heavy atom. The van der Waals surface area contributed by atoms with Gasteiger partial charge >= 0.3 is 0 Å². The summed E-state index contributed by atoms with van der Waals surface area (Å²) in [4.78, 5) is 11.3. The normalized spacial score (nSPS) is 10.4. The zero-order valence-corrected chi connectivity index (χ0v) is 8.58. The standard InChI is InChI=1S/C10H8N4.ClH/c11-10-13-5-6-1-2-8-7(3-4-12-8)9(6)14-10;/h1-5H,(H3,11,13,14);1H. The maximum Gasteiger partial charge on any atom is 0.197 e. The van der Waals surface area contributed by atoms with Gasteiger partial charge in [0.25, 0.3) is 0 Å². The molecule has 3 N–H and O–H groups in total. The van der Waals surface area contributed by atoms with Crippen molar-refractivity contribution in [2.45, 2.75) is 0 Å². The van der Waals surface area contributed by atoms with Crippen LogP contribution in [0, 0.1) is 0 Å². The molecule has 3 rings (SSSR count). The van der Waals surface area contributed by atoms with Gasteiger partial charge in [-0.05, 0) is 18.2 Å². The van der Waals surface area contributed by atoms with Gasteiger partial charge < -0.3 is 10.7 Å². The van der Waals surface area contributed by atoms with Crippen molar-refractivity contribution in [2.75, 3.05) is 5.73 Å². The summed E-state index contributed by atoms with van der Waals surface area (Å²) in [5.74, 6) is 0.422. The average Bonchev–Trinajstić information content (AvgIpc) is 2.65. The number of nitrogens with zero attached hydrogens (tertiary/aromatic N) is 2. The van der Waals surface area contributed by atoms with Gasteiger partial charge in [-0.25, -0.2) is 4.98 Å². The molecule has 3 aromatic rings. The van der Waals surface area contributed by atoms with E-state index in [0.29, 0.717) is 5.95 Å². The molecule has 0 fully saturated rings. The first-order chi connectivity index (χ1) is 6.84. The fraction of sp³-hybridized carbons (Fsp3) is 0. The molecule has 76 valence electrons. The van der Waals surface area contributed by atoms with E-state index in [4.69, 9.17) is 5.73 Å². The highest BCUT2D eigenvalue weighted by atomic mass is 35.5. The molecule has 0 aliphatic heterocycles. The number of fused-ring (bicyclic) bond motifs is 3. The number of benzene rings is 1. The van der Waals surface area contributed by atoms with Crippen LogP contribution in [0.3, 0.4) is 0 Å². The van der Waals surface area contributed by atoms with E-state index in [-0.39, 0.29) is 12.4 Å². The van der Waals surface area contributed by atoms with Crippen LogP contribution in [0.1, 0.15) is 0 Å². The van der Waals surface area contributed by atoms with Crippen molar-refractivity contribution in [1.29, 1.82) is 0 Å². The van der Waals surface area contributed by atoms with Gasteiger partial charge in [0, 0.05) is 23.2 Å². The van der Waals surface area contributed by atoms with Crippen LogP contribution in [0.5, 0.6) is 0 Å². The molecule has 15 heavy (non-hydrogen) atoms. The van der Waals surface area contributed by atoms with E-state index in [1.807, 2.05) is 18.2 Å². The fourth-order valence-corrected chi connectivity index (χ4v) is 1.65. The lowest BCUT2D eigenvalue weighted by Gasteiger charge is -2.00. The second-order valence-electron chi connectivity index (χ2n) is 3.18. The van der Waals surface area contributed by atoms with Gasteiger partial charge in [0.05, 0.1) is 11.0 Å². The molecule has 0 spiro atoms. The summed E-state index contributed by atoms with van der Waals surface area (Å²) in [6.07, 6.45) is 3.54. The molecule has 0 aliphatic carbocycles. The Labute approximate surface area is 91.9 Å². The Bertz CT molecular complexity index is 617.